The minimum absolute atomic E-state index is 0.150. The number of carbonyl (C=O) groups excluding carboxylic acids is 2. The van der Waals surface area contributed by atoms with E-state index in [1.165, 1.54) is 19.1 Å². The minimum Gasteiger partial charge on any atom is -0.493 e. The molecule has 0 fully saturated rings. The maximum atomic E-state index is 14.5. The summed E-state index contributed by atoms with van der Waals surface area (Å²) in [6, 6.07) is 17.5. The molecule has 2 amide bonds. The van der Waals surface area contributed by atoms with Crippen LogP contribution in [-0.4, -0.2) is 37.1 Å². The summed E-state index contributed by atoms with van der Waals surface area (Å²) in [6.45, 7) is 3.94. The van der Waals surface area contributed by atoms with Crippen molar-refractivity contribution in [3.63, 3.8) is 0 Å². The Kier molecular flexibility index (Phi) is 7.53. The Morgan fingerprint density at radius 3 is 2.61 bits per heavy atom. The van der Waals surface area contributed by atoms with Crippen molar-refractivity contribution in [2.75, 3.05) is 25.6 Å². The van der Waals surface area contributed by atoms with E-state index in [-0.39, 0.29) is 23.9 Å². The molecular weight excluding hydrogens is 461 g/mol. The third kappa shape index (κ3) is 5.33. The van der Waals surface area contributed by atoms with E-state index in [0.29, 0.717) is 23.8 Å². The number of rotatable bonds is 9. The monoisotopic (exact) mass is 489 g/mol. The van der Waals surface area contributed by atoms with E-state index in [2.05, 4.69) is 15.6 Å². The number of H-pyrrole nitrogens is 1. The van der Waals surface area contributed by atoms with Crippen LogP contribution in [0, 0.1) is 5.82 Å². The first-order valence-electron chi connectivity index (χ1n) is 11.6. The highest BCUT2D eigenvalue weighted by Gasteiger charge is 2.22. The molecule has 0 aliphatic heterocycles. The van der Waals surface area contributed by atoms with Gasteiger partial charge in [0, 0.05) is 42.2 Å². The molecule has 4 aromatic rings. The largest absolute Gasteiger partial charge is 0.493 e. The van der Waals surface area contributed by atoms with Crippen LogP contribution < -0.4 is 20.1 Å². The Balaban J connectivity index is 1.68. The standard InChI is InChI=1S/C28H28FN3O4/c1-4-36-26-12-9-18(13-27(26)35-3)22(23-16-30-25-8-6-5-7-20(23)25)15-31-28(34)21-14-19(32-17(2)33)10-11-24(21)29/h5-14,16,22,30H,4,15H2,1-3H3,(H,31,34)(H,32,33). The number of nitrogens with one attached hydrogen (secondary N) is 3. The second-order valence-corrected chi connectivity index (χ2v) is 8.27. The molecule has 36 heavy (non-hydrogen) atoms. The quantitative estimate of drug-likeness (QED) is 0.300. The lowest BCUT2D eigenvalue weighted by molar-refractivity contribution is -0.114. The Morgan fingerprint density at radius 1 is 1.06 bits per heavy atom. The van der Waals surface area contributed by atoms with Crippen molar-refractivity contribution in [3.8, 4) is 11.5 Å². The number of hydrogen-bond acceptors (Lipinski definition) is 4. The van der Waals surface area contributed by atoms with Crippen LogP contribution in [0.2, 0.25) is 0 Å². The predicted molar refractivity (Wildman–Crippen MR) is 137 cm³/mol. The van der Waals surface area contributed by atoms with E-state index in [9.17, 15) is 14.0 Å². The molecule has 1 unspecified atom stereocenters. The van der Waals surface area contributed by atoms with Crippen LogP contribution in [0.25, 0.3) is 10.9 Å². The van der Waals surface area contributed by atoms with Gasteiger partial charge in [0.25, 0.3) is 5.91 Å². The zero-order valence-electron chi connectivity index (χ0n) is 20.4. The predicted octanol–water partition coefficient (Wildman–Crippen LogP) is 5.23. The normalized spacial score (nSPS) is 11.7. The number of benzene rings is 3. The lowest BCUT2D eigenvalue weighted by Crippen LogP contribution is -2.29. The summed E-state index contributed by atoms with van der Waals surface area (Å²) in [5.74, 6) is -0.620. The van der Waals surface area contributed by atoms with Crippen LogP contribution in [0.4, 0.5) is 10.1 Å². The average molecular weight is 490 g/mol. The van der Waals surface area contributed by atoms with Crippen LogP contribution in [0.3, 0.4) is 0 Å². The van der Waals surface area contributed by atoms with Gasteiger partial charge in [-0.05, 0) is 54.4 Å². The van der Waals surface area contributed by atoms with Gasteiger partial charge in [-0.2, -0.15) is 0 Å². The number of aromatic amines is 1. The molecule has 0 spiro atoms. The number of hydrogen-bond donors (Lipinski definition) is 3. The second-order valence-electron chi connectivity index (χ2n) is 8.27. The van der Waals surface area contributed by atoms with E-state index in [1.807, 2.05) is 55.6 Å². The molecule has 8 heteroatoms. The maximum Gasteiger partial charge on any atom is 0.254 e. The van der Waals surface area contributed by atoms with Gasteiger partial charge in [0.2, 0.25) is 5.91 Å². The summed E-state index contributed by atoms with van der Waals surface area (Å²) in [5, 5.41) is 6.46. The van der Waals surface area contributed by atoms with Gasteiger partial charge in [-0.3, -0.25) is 9.59 Å². The van der Waals surface area contributed by atoms with E-state index in [0.717, 1.165) is 28.1 Å². The first kappa shape index (κ1) is 24.8. The zero-order chi connectivity index (χ0) is 25.7. The molecular formula is C28H28FN3O4. The first-order chi connectivity index (χ1) is 17.4. The van der Waals surface area contributed by atoms with Gasteiger partial charge >= 0.3 is 0 Å². The fourth-order valence-electron chi connectivity index (χ4n) is 4.24. The Morgan fingerprint density at radius 2 is 1.86 bits per heavy atom. The highest BCUT2D eigenvalue weighted by molar-refractivity contribution is 5.97. The number of fused-ring (bicyclic) bond motifs is 1. The molecule has 3 aromatic carbocycles. The highest BCUT2D eigenvalue weighted by atomic mass is 19.1. The molecule has 186 valence electrons. The van der Waals surface area contributed by atoms with Crippen molar-refractivity contribution in [2.45, 2.75) is 19.8 Å². The number of amides is 2. The molecule has 0 aliphatic carbocycles. The van der Waals surface area contributed by atoms with Gasteiger partial charge in [-0.25, -0.2) is 4.39 Å². The third-order valence-electron chi connectivity index (χ3n) is 5.88. The summed E-state index contributed by atoms with van der Waals surface area (Å²) in [6.07, 6.45) is 1.92. The van der Waals surface area contributed by atoms with Gasteiger partial charge in [-0.1, -0.05) is 24.3 Å². The van der Waals surface area contributed by atoms with Crippen molar-refractivity contribution in [2.24, 2.45) is 0 Å². The highest BCUT2D eigenvalue weighted by Crippen LogP contribution is 2.36. The minimum atomic E-state index is -0.673. The van der Waals surface area contributed by atoms with Crippen LogP contribution in [-0.2, 0) is 4.79 Å². The van der Waals surface area contributed by atoms with Gasteiger partial charge < -0.3 is 25.1 Å². The molecule has 1 aromatic heterocycles. The van der Waals surface area contributed by atoms with E-state index in [1.54, 1.807) is 7.11 Å². The number of methoxy groups -OCH3 is 1. The Hall–Kier alpha value is -4.33. The van der Waals surface area contributed by atoms with E-state index < -0.39 is 11.7 Å². The van der Waals surface area contributed by atoms with Gasteiger partial charge in [0.05, 0.1) is 19.3 Å². The average Bonchev–Trinajstić information content (AvgIpc) is 3.29. The molecule has 4 rings (SSSR count). The summed E-state index contributed by atoms with van der Waals surface area (Å²) in [5.41, 5.74) is 3.04. The van der Waals surface area contributed by atoms with Crippen molar-refractivity contribution < 1.29 is 23.5 Å². The molecule has 3 N–H and O–H groups in total. The van der Waals surface area contributed by atoms with Crippen molar-refractivity contribution >= 4 is 28.4 Å². The summed E-state index contributed by atoms with van der Waals surface area (Å²) >= 11 is 0. The van der Waals surface area contributed by atoms with E-state index >= 15 is 0 Å². The zero-order valence-corrected chi connectivity index (χ0v) is 20.4. The smallest absolute Gasteiger partial charge is 0.254 e. The number of carbonyl (C=O) groups is 2. The number of halogens is 1. The van der Waals surface area contributed by atoms with Crippen LogP contribution >= 0.6 is 0 Å². The molecule has 0 aliphatic rings. The third-order valence-corrected chi connectivity index (χ3v) is 5.88. The number of ether oxygens (including phenoxy) is 2. The molecule has 1 heterocycles. The number of anilines is 1. The van der Waals surface area contributed by atoms with Gasteiger partial charge in [-0.15, -0.1) is 0 Å². The van der Waals surface area contributed by atoms with Crippen molar-refractivity contribution in [1.29, 1.82) is 0 Å². The topological polar surface area (TPSA) is 92.5 Å². The summed E-state index contributed by atoms with van der Waals surface area (Å²) in [4.78, 5) is 27.7. The van der Waals surface area contributed by atoms with E-state index in [4.69, 9.17) is 9.47 Å². The second kappa shape index (κ2) is 10.9. The van der Waals surface area contributed by atoms with Gasteiger partial charge in [0.15, 0.2) is 11.5 Å². The van der Waals surface area contributed by atoms with Crippen LogP contribution in [0.1, 0.15) is 41.3 Å². The lowest BCUT2D eigenvalue weighted by Gasteiger charge is -2.20. The van der Waals surface area contributed by atoms with Crippen LogP contribution in [0.15, 0.2) is 66.9 Å². The molecule has 1 atom stereocenters. The fourth-order valence-corrected chi connectivity index (χ4v) is 4.24. The lowest BCUT2D eigenvalue weighted by atomic mass is 9.90. The Bertz CT molecular complexity index is 1400. The molecule has 7 nitrogen and oxygen atoms in total. The molecule has 0 saturated carbocycles. The molecule has 0 saturated heterocycles. The SMILES string of the molecule is CCOc1ccc(C(CNC(=O)c2cc(NC(C)=O)ccc2F)c2c[nH]c3ccccc23)cc1OC. The van der Waals surface area contributed by atoms with Crippen molar-refractivity contribution in [1.82, 2.24) is 10.3 Å². The first-order valence-corrected chi connectivity index (χ1v) is 11.6. The van der Waals surface area contributed by atoms with Gasteiger partial charge in [0.1, 0.15) is 5.82 Å². The van der Waals surface area contributed by atoms with Crippen LogP contribution in [0.5, 0.6) is 11.5 Å². The number of aromatic nitrogens is 1. The fraction of sp³-hybridized carbons (Fsp3) is 0.214. The molecule has 0 radical (unpaired) electrons. The summed E-state index contributed by atoms with van der Waals surface area (Å²) in [7, 11) is 1.58. The molecule has 0 bridgehead atoms. The van der Waals surface area contributed by atoms with Crippen molar-refractivity contribution in [3.05, 3.63) is 89.4 Å². The maximum absolute atomic E-state index is 14.5. The number of para-hydroxylation sites is 1. The summed E-state index contributed by atoms with van der Waals surface area (Å²) < 4.78 is 25.7. The Labute approximate surface area is 208 Å².